The summed E-state index contributed by atoms with van der Waals surface area (Å²) in [7, 11) is 0. The molecule has 1 aromatic carbocycles. The van der Waals surface area contributed by atoms with E-state index in [2.05, 4.69) is 0 Å². The van der Waals surface area contributed by atoms with Crippen LogP contribution < -0.4 is 0 Å². The predicted octanol–water partition coefficient (Wildman–Crippen LogP) is 2.31. The van der Waals surface area contributed by atoms with E-state index in [0.29, 0.717) is 12.0 Å². The van der Waals surface area contributed by atoms with Crippen molar-refractivity contribution in [3.05, 3.63) is 29.3 Å². The van der Waals surface area contributed by atoms with Gasteiger partial charge < -0.3 is 15.3 Å². The summed E-state index contributed by atoms with van der Waals surface area (Å²) in [5.41, 5.74) is 1.44. The average Bonchev–Trinajstić information content (AvgIpc) is 2.11. The van der Waals surface area contributed by atoms with E-state index in [1.54, 1.807) is 0 Å². The molecule has 0 aliphatic carbocycles. The summed E-state index contributed by atoms with van der Waals surface area (Å²) in [5, 5.41) is 28.1. The molecule has 0 radical (unpaired) electrons. The Labute approximate surface area is 82.9 Å². The number of hydrogen-bond acceptors (Lipinski definition) is 3. The van der Waals surface area contributed by atoms with Crippen LogP contribution in [-0.2, 0) is 6.42 Å². The van der Waals surface area contributed by atoms with Crippen molar-refractivity contribution in [1.29, 1.82) is 0 Å². The fourth-order valence-corrected chi connectivity index (χ4v) is 1.12. The molecular weight excluding hydrogens is 180 g/mol. The third kappa shape index (κ3) is 2.19. The van der Waals surface area contributed by atoms with Gasteiger partial charge in [-0.25, -0.2) is 0 Å². The quantitative estimate of drug-likeness (QED) is 0.384. The van der Waals surface area contributed by atoms with E-state index >= 15 is 0 Å². The van der Waals surface area contributed by atoms with E-state index in [9.17, 15) is 15.3 Å². The van der Waals surface area contributed by atoms with Gasteiger partial charge in [0.05, 0.1) is 0 Å². The number of aromatic hydroxyl groups is 3. The van der Waals surface area contributed by atoms with Gasteiger partial charge in [-0.2, -0.15) is 0 Å². The smallest absolute Gasteiger partial charge is 0.164 e. The molecule has 0 spiro atoms. The summed E-state index contributed by atoms with van der Waals surface area (Å²) in [6.45, 7) is 3.85. The molecule has 0 bridgehead atoms. The second-order valence-corrected chi connectivity index (χ2v) is 3.42. The Morgan fingerprint density at radius 2 is 1.71 bits per heavy atom. The van der Waals surface area contributed by atoms with Gasteiger partial charge in [0.1, 0.15) is 5.75 Å². The fourth-order valence-electron chi connectivity index (χ4n) is 1.12. The molecule has 0 atom stereocenters. The van der Waals surface area contributed by atoms with Crippen LogP contribution in [0.3, 0.4) is 0 Å². The molecule has 0 fully saturated rings. The molecule has 14 heavy (non-hydrogen) atoms. The number of allylic oxidation sites excluding steroid dienone is 2. The van der Waals surface area contributed by atoms with Crippen molar-refractivity contribution >= 4 is 0 Å². The van der Waals surface area contributed by atoms with Gasteiger partial charge in [0, 0.05) is 5.56 Å². The van der Waals surface area contributed by atoms with Gasteiger partial charge in [-0.05, 0) is 32.4 Å². The normalized spacial score (nSPS) is 9.86. The Balaban J connectivity index is 3.07. The lowest BCUT2D eigenvalue weighted by atomic mass is 10.1. The second kappa shape index (κ2) is 4.05. The molecule has 0 aliphatic rings. The van der Waals surface area contributed by atoms with E-state index in [4.69, 9.17) is 0 Å². The van der Waals surface area contributed by atoms with Gasteiger partial charge >= 0.3 is 0 Å². The lowest BCUT2D eigenvalue weighted by Crippen LogP contribution is -1.85. The van der Waals surface area contributed by atoms with E-state index in [-0.39, 0.29) is 17.2 Å². The van der Waals surface area contributed by atoms with Crippen molar-refractivity contribution in [2.24, 2.45) is 0 Å². The minimum atomic E-state index is -0.248. The summed E-state index contributed by atoms with van der Waals surface area (Å²) in [4.78, 5) is 0. The molecule has 1 rings (SSSR count). The molecule has 0 aliphatic heterocycles. The van der Waals surface area contributed by atoms with Crippen molar-refractivity contribution in [2.75, 3.05) is 0 Å². The first-order valence-corrected chi connectivity index (χ1v) is 4.38. The van der Waals surface area contributed by atoms with Gasteiger partial charge in [0.2, 0.25) is 0 Å². The molecule has 0 amide bonds. The number of benzene rings is 1. The van der Waals surface area contributed by atoms with Gasteiger partial charge in [-0.1, -0.05) is 11.6 Å². The van der Waals surface area contributed by atoms with Crippen molar-refractivity contribution in [1.82, 2.24) is 0 Å². The van der Waals surface area contributed by atoms with Crippen LogP contribution in [0.1, 0.15) is 19.4 Å². The summed E-state index contributed by atoms with van der Waals surface area (Å²) in [6, 6.07) is 2.62. The lowest BCUT2D eigenvalue weighted by molar-refractivity contribution is 0.391. The highest BCUT2D eigenvalue weighted by molar-refractivity contribution is 5.52. The van der Waals surface area contributed by atoms with E-state index < -0.39 is 0 Å². The number of phenols is 3. The minimum Gasteiger partial charge on any atom is -0.508 e. The first kappa shape index (κ1) is 10.4. The maximum atomic E-state index is 9.45. The SMILES string of the molecule is CC(C)=CCc1c(O)ccc(O)c1O. The molecule has 3 heteroatoms. The largest absolute Gasteiger partial charge is 0.508 e. The zero-order valence-corrected chi connectivity index (χ0v) is 8.28. The van der Waals surface area contributed by atoms with Crippen molar-refractivity contribution in [3.8, 4) is 17.2 Å². The number of phenolic OH excluding ortho intramolecular Hbond substituents is 3. The zero-order chi connectivity index (χ0) is 10.7. The van der Waals surface area contributed by atoms with Crippen LogP contribution >= 0.6 is 0 Å². The van der Waals surface area contributed by atoms with Crippen LogP contribution in [-0.4, -0.2) is 15.3 Å². The highest BCUT2D eigenvalue weighted by atomic mass is 16.3. The van der Waals surface area contributed by atoms with Crippen LogP contribution in [0.4, 0.5) is 0 Å². The fraction of sp³-hybridized carbons (Fsp3) is 0.273. The minimum absolute atomic E-state index is 0.00204. The van der Waals surface area contributed by atoms with Gasteiger partial charge in [0.25, 0.3) is 0 Å². The first-order chi connectivity index (χ1) is 6.52. The molecule has 3 N–H and O–H groups in total. The zero-order valence-electron chi connectivity index (χ0n) is 8.28. The van der Waals surface area contributed by atoms with Crippen LogP contribution in [0.15, 0.2) is 23.8 Å². The average molecular weight is 194 g/mol. The molecule has 0 unspecified atom stereocenters. The summed E-state index contributed by atoms with van der Waals surface area (Å²) >= 11 is 0. The van der Waals surface area contributed by atoms with Crippen LogP contribution in [0.5, 0.6) is 17.2 Å². The standard InChI is InChI=1S/C11H14O3/c1-7(2)3-4-8-9(12)5-6-10(13)11(8)14/h3,5-6,12-14H,4H2,1-2H3. The summed E-state index contributed by atoms with van der Waals surface area (Å²) in [5.74, 6) is -0.458. The molecule has 0 saturated carbocycles. The van der Waals surface area contributed by atoms with Crippen molar-refractivity contribution < 1.29 is 15.3 Å². The summed E-state index contributed by atoms with van der Waals surface area (Å²) < 4.78 is 0. The monoisotopic (exact) mass is 194 g/mol. The Morgan fingerprint density at radius 1 is 1.14 bits per heavy atom. The van der Waals surface area contributed by atoms with E-state index in [0.717, 1.165) is 5.57 Å². The number of rotatable bonds is 2. The highest BCUT2D eigenvalue weighted by Gasteiger charge is 2.09. The maximum Gasteiger partial charge on any atom is 0.164 e. The highest BCUT2D eigenvalue weighted by Crippen LogP contribution is 2.35. The Morgan fingerprint density at radius 3 is 2.29 bits per heavy atom. The Bertz CT molecular complexity index is 363. The lowest BCUT2D eigenvalue weighted by Gasteiger charge is -2.06. The predicted molar refractivity (Wildman–Crippen MR) is 54.6 cm³/mol. The van der Waals surface area contributed by atoms with Crippen molar-refractivity contribution in [2.45, 2.75) is 20.3 Å². The molecule has 0 heterocycles. The van der Waals surface area contributed by atoms with E-state index in [1.807, 2.05) is 19.9 Å². The second-order valence-electron chi connectivity index (χ2n) is 3.42. The van der Waals surface area contributed by atoms with Crippen molar-refractivity contribution in [3.63, 3.8) is 0 Å². The molecule has 1 aromatic rings. The Hall–Kier alpha value is -1.64. The Kier molecular flexibility index (Phi) is 3.02. The molecule has 0 saturated heterocycles. The van der Waals surface area contributed by atoms with Crippen LogP contribution in [0.25, 0.3) is 0 Å². The number of hydrogen-bond donors (Lipinski definition) is 3. The third-order valence-corrected chi connectivity index (χ3v) is 1.95. The summed E-state index contributed by atoms with van der Waals surface area (Å²) in [6.07, 6.45) is 2.28. The first-order valence-electron chi connectivity index (χ1n) is 4.38. The van der Waals surface area contributed by atoms with Gasteiger partial charge in [-0.3, -0.25) is 0 Å². The molecular formula is C11H14O3. The topological polar surface area (TPSA) is 60.7 Å². The van der Waals surface area contributed by atoms with Gasteiger partial charge in [0.15, 0.2) is 11.5 Å². The maximum absolute atomic E-state index is 9.45. The molecule has 0 aromatic heterocycles. The van der Waals surface area contributed by atoms with Crippen LogP contribution in [0, 0.1) is 0 Å². The molecule has 3 nitrogen and oxygen atoms in total. The third-order valence-electron chi connectivity index (χ3n) is 1.95. The molecule has 76 valence electrons. The van der Waals surface area contributed by atoms with Crippen LogP contribution in [0.2, 0.25) is 0 Å². The van der Waals surface area contributed by atoms with Gasteiger partial charge in [-0.15, -0.1) is 0 Å². The van der Waals surface area contributed by atoms with E-state index in [1.165, 1.54) is 12.1 Å².